The van der Waals surface area contributed by atoms with Gasteiger partial charge in [0.05, 0.1) is 0 Å². The summed E-state index contributed by atoms with van der Waals surface area (Å²) in [5, 5.41) is 10.4. The van der Waals surface area contributed by atoms with E-state index in [0.29, 0.717) is 19.8 Å². The third-order valence-corrected chi connectivity index (χ3v) is 7.15. The summed E-state index contributed by atoms with van der Waals surface area (Å²) in [5.41, 5.74) is 2.65. The maximum absolute atomic E-state index is 5.91. The lowest BCUT2D eigenvalue weighted by atomic mass is 10.1. The van der Waals surface area contributed by atoms with Gasteiger partial charge in [-0.25, -0.2) is 0 Å². The second kappa shape index (κ2) is 12.7. The summed E-state index contributed by atoms with van der Waals surface area (Å²) in [6.07, 6.45) is 4.65. The van der Waals surface area contributed by atoms with Gasteiger partial charge in [0.25, 0.3) is 0 Å². The molecule has 0 spiro atoms. The van der Waals surface area contributed by atoms with Crippen LogP contribution in [0.5, 0.6) is 0 Å². The molecule has 0 aromatic carbocycles. The Balaban J connectivity index is 2.52. The minimum atomic E-state index is -2.51. The molecule has 0 aromatic heterocycles. The molecule has 1 saturated heterocycles. The van der Waals surface area contributed by atoms with Crippen LogP contribution in [0.2, 0.25) is 6.04 Å². The first-order chi connectivity index (χ1) is 11.7. The Labute approximate surface area is 149 Å². The van der Waals surface area contributed by atoms with E-state index in [2.05, 4.69) is 16.0 Å². The molecular formula is C17H37N3O3Si. The lowest BCUT2D eigenvalue weighted by Gasteiger charge is -2.28. The zero-order valence-corrected chi connectivity index (χ0v) is 17.0. The lowest BCUT2D eigenvalue weighted by molar-refractivity contribution is 0.0708. The SMILES string of the molecule is CCO[Si](CCCNC(CNC)=C1CCCCN1)(OCC)OCC. The fraction of sp³-hybridized carbons (Fsp3) is 0.882. The maximum atomic E-state index is 5.91. The average Bonchev–Trinajstić information content (AvgIpc) is 2.59. The van der Waals surface area contributed by atoms with E-state index >= 15 is 0 Å². The van der Waals surface area contributed by atoms with Crippen LogP contribution < -0.4 is 16.0 Å². The zero-order chi connectivity index (χ0) is 17.7. The number of rotatable bonds is 13. The summed E-state index contributed by atoms with van der Waals surface area (Å²) in [4.78, 5) is 0. The molecule has 1 fully saturated rings. The summed E-state index contributed by atoms with van der Waals surface area (Å²) in [7, 11) is -0.524. The summed E-state index contributed by atoms with van der Waals surface area (Å²) in [5.74, 6) is 0. The van der Waals surface area contributed by atoms with Crippen molar-refractivity contribution >= 4 is 8.80 Å². The molecule has 24 heavy (non-hydrogen) atoms. The molecule has 3 N–H and O–H groups in total. The van der Waals surface area contributed by atoms with Crippen molar-refractivity contribution in [3.8, 4) is 0 Å². The van der Waals surface area contributed by atoms with Crippen LogP contribution >= 0.6 is 0 Å². The molecule has 1 heterocycles. The normalized spacial score (nSPS) is 17.5. The number of piperidine rings is 1. The number of likely N-dealkylation sites (N-methyl/N-ethyl adjacent to an activating group) is 1. The van der Waals surface area contributed by atoms with Gasteiger partial charge in [-0.3, -0.25) is 0 Å². The summed E-state index contributed by atoms with van der Waals surface area (Å²) in [6.45, 7) is 10.8. The standard InChI is InChI=1S/C17H37N3O3Si/c1-5-21-24(22-6-2,23-7-3)14-10-13-20-17(15-18-4)16-11-8-9-12-19-16/h18-20H,5-15H2,1-4H3. The van der Waals surface area contributed by atoms with Crippen LogP contribution in [0.25, 0.3) is 0 Å². The molecular weight excluding hydrogens is 322 g/mol. The molecule has 0 aromatic rings. The molecule has 0 unspecified atom stereocenters. The van der Waals surface area contributed by atoms with Gasteiger partial charge in [0.2, 0.25) is 0 Å². The smallest absolute Gasteiger partial charge is 0.387 e. The highest BCUT2D eigenvalue weighted by atomic mass is 28.4. The molecule has 0 atom stereocenters. The number of nitrogens with one attached hydrogen (secondary N) is 3. The zero-order valence-electron chi connectivity index (χ0n) is 16.0. The van der Waals surface area contributed by atoms with Crippen molar-refractivity contribution in [3.63, 3.8) is 0 Å². The van der Waals surface area contributed by atoms with Crippen molar-refractivity contribution in [1.29, 1.82) is 0 Å². The summed E-state index contributed by atoms with van der Waals surface area (Å²) in [6, 6.07) is 0.852. The predicted octanol–water partition coefficient (Wildman–Crippen LogP) is 2.22. The van der Waals surface area contributed by atoms with Gasteiger partial charge in [-0.05, 0) is 53.5 Å². The summed E-state index contributed by atoms with van der Waals surface area (Å²) >= 11 is 0. The topological polar surface area (TPSA) is 63.8 Å². The number of hydrogen-bond acceptors (Lipinski definition) is 6. The predicted molar refractivity (Wildman–Crippen MR) is 101 cm³/mol. The van der Waals surface area contributed by atoms with Crippen LogP contribution in [0.4, 0.5) is 0 Å². The monoisotopic (exact) mass is 359 g/mol. The molecule has 6 nitrogen and oxygen atoms in total. The Hall–Kier alpha value is -0.603. The second-order valence-corrected chi connectivity index (χ2v) is 8.62. The molecule has 0 radical (unpaired) electrons. The first kappa shape index (κ1) is 21.4. The summed E-state index contributed by atoms with van der Waals surface area (Å²) < 4.78 is 17.7. The minimum Gasteiger partial charge on any atom is -0.387 e. The quantitative estimate of drug-likeness (QED) is 0.346. The molecule has 0 saturated carbocycles. The van der Waals surface area contributed by atoms with Gasteiger partial charge in [0.1, 0.15) is 0 Å². The first-order valence-electron chi connectivity index (χ1n) is 9.47. The third-order valence-electron chi connectivity index (χ3n) is 4.00. The van der Waals surface area contributed by atoms with Crippen molar-refractivity contribution in [2.45, 2.75) is 52.5 Å². The number of hydrogen-bond donors (Lipinski definition) is 3. The van der Waals surface area contributed by atoms with Gasteiger partial charge in [-0.1, -0.05) is 0 Å². The minimum absolute atomic E-state index is 0.638. The highest BCUT2D eigenvalue weighted by Crippen LogP contribution is 2.18. The molecule has 1 aliphatic rings. The Morgan fingerprint density at radius 1 is 1.08 bits per heavy atom. The van der Waals surface area contributed by atoms with E-state index in [4.69, 9.17) is 13.3 Å². The first-order valence-corrected chi connectivity index (χ1v) is 11.4. The Bertz CT molecular complexity index is 342. The van der Waals surface area contributed by atoms with Crippen LogP contribution in [0.1, 0.15) is 46.5 Å². The van der Waals surface area contributed by atoms with E-state index in [1.807, 2.05) is 27.8 Å². The fourth-order valence-electron chi connectivity index (χ4n) is 3.01. The molecule has 0 aliphatic carbocycles. The van der Waals surface area contributed by atoms with Gasteiger partial charge >= 0.3 is 8.80 Å². The largest absolute Gasteiger partial charge is 0.500 e. The van der Waals surface area contributed by atoms with Gasteiger partial charge in [0, 0.05) is 56.9 Å². The highest BCUT2D eigenvalue weighted by Gasteiger charge is 2.39. The van der Waals surface area contributed by atoms with E-state index < -0.39 is 8.80 Å². The Kier molecular flexibility index (Phi) is 11.4. The second-order valence-electron chi connectivity index (χ2n) is 5.88. The van der Waals surface area contributed by atoms with E-state index in [1.165, 1.54) is 24.2 Å². The van der Waals surface area contributed by atoms with E-state index in [9.17, 15) is 0 Å². The maximum Gasteiger partial charge on any atom is 0.500 e. The van der Waals surface area contributed by atoms with Crippen LogP contribution in [-0.2, 0) is 13.3 Å². The number of allylic oxidation sites excluding steroid dienone is 1. The van der Waals surface area contributed by atoms with Gasteiger partial charge in [0.15, 0.2) is 0 Å². The van der Waals surface area contributed by atoms with Crippen molar-refractivity contribution in [2.75, 3.05) is 46.5 Å². The Morgan fingerprint density at radius 3 is 2.25 bits per heavy atom. The van der Waals surface area contributed by atoms with E-state index in [-0.39, 0.29) is 0 Å². The third kappa shape index (κ3) is 7.52. The van der Waals surface area contributed by atoms with Crippen LogP contribution in [-0.4, -0.2) is 55.3 Å². The average molecular weight is 360 g/mol. The van der Waals surface area contributed by atoms with Crippen LogP contribution in [0, 0.1) is 0 Å². The van der Waals surface area contributed by atoms with Crippen LogP contribution in [0.3, 0.4) is 0 Å². The van der Waals surface area contributed by atoms with Gasteiger partial charge in [-0.2, -0.15) is 0 Å². The van der Waals surface area contributed by atoms with Crippen molar-refractivity contribution in [2.24, 2.45) is 0 Å². The highest BCUT2D eigenvalue weighted by molar-refractivity contribution is 6.60. The van der Waals surface area contributed by atoms with Gasteiger partial charge in [-0.15, -0.1) is 0 Å². The molecule has 7 heteroatoms. The molecule has 0 amide bonds. The van der Waals surface area contributed by atoms with Crippen molar-refractivity contribution in [1.82, 2.24) is 16.0 Å². The van der Waals surface area contributed by atoms with E-state index in [0.717, 1.165) is 38.5 Å². The fourth-order valence-corrected chi connectivity index (χ4v) is 5.62. The van der Waals surface area contributed by atoms with E-state index in [1.54, 1.807) is 0 Å². The van der Waals surface area contributed by atoms with Crippen molar-refractivity contribution < 1.29 is 13.3 Å². The molecule has 1 aliphatic heterocycles. The molecule has 0 bridgehead atoms. The molecule has 142 valence electrons. The lowest BCUT2D eigenvalue weighted by Crippen LogP contribution is -2.46. The van der Waals surface area contributed by atoms with Gasteiger partial charge < -0.3 is 29.2 Å². The van der Waals surface area contributed by atoms with Crippen LogP contribution in [0.15, 0.2) is 11.4 Å². The van der Waals surface area contributed by atoms with Crippen molar-refractivity contribution in [3.05, 3.63) is 11.4 Å². The molecule has 1 rings (SSSR count). The Morgan fingerprint density at radius 2 is 1.75 bits per heavy atom.